The molecule has 0 aliphatic carbocycles. The van der Waals surface area contributed by atoms with E-state index in [0.717, 1.165) is 54.1 Å². The molecule has 1 N–H and O–H groups in total. The average Bonchev–Trinajstić information content (AvgIpc) is 3.46. The van der Waals surface area contributed by atoms with Gasteiger partial charge in [0.1, 0.15) is 16.7 Å². The number of H-pyrrole nitrogens is 1. The van der Waals surface area contributed by atoms with Crippen LogP contribution in [0.2, 0.25) is 0 Å². The maximum Gasteiger partial charge on any atom is 0.305 e. The van der Waals surface area contributed by atoms with Crippen molar-refractivity contribution in [1.29, 1.82) is 0 Å². The highest BCUT2D eigenvalue weighted by Crippen LogP contribution is 2.53. The maximum atomic E-state index is 13.8. The Morgan fingerprint density at radius 1 is 0.949 bits per heavy atom. The van der Waals surface area contributed by atoms with E-state index in [4.69, 9.17) is 9.47 Å². The molecule has 0 spiro atoms. The number of hydrogen-bond donors (Lipinski definition) is 1. The minimum atomic E-state index is -0.670. The van der Waals surface area contributed by atoms with Crippen molar-refractivity contribution in [3.05, 3.63) is 68.6 Å². The summed E-state index contributed by atoms with van der Waals surface area (Å²) in [4.78, 5) is 58.6. The molecule has 0 bridgehead atoms. The third kappa shape index (κ3) is 4.74. The molecule has 39 heavy (non-hydrogen) atoms. The fraction of sp³-hybridized carbons (Fsp3) is 0.357. The van der Waals surface area contributed by atoms with Gasteiger partial charge in [0.25, 0.3) is 5.91 Å². The number of rotatable bonds is 6. The molecule has 2 aromatic carbocycles. The van der Waals surface area contributed by atoms with E-state index < -0.39 is 17.1 Å². The summed E-state index contributed by atoms with van der Waals surface area (Å²) < 4.78 is 11.0. The number of anilines is 1. The summed E-state index contributed by atoms with van der Waals surface area (Å²) in [5.74, 6) is -0.605. The zero-order chi connectivity index (χ0) is 27.1. The van der Waals surface area contributed by atoms with E-state index in [9.17, 15) is 19.2 Å². The molecule has 3 amide bonds. The van der Waals surface area contributed by atoms with Gasteiger partial charge in [0.2, 0.25) is 11.8 Å². The summed E-state index contributed by atoms with van der Waals surface area (Å²) in [5.41, 5.74) is 1.28. The predicted molar refractivity (Wildman–Crippen MR) is 148 cm³/mol. The van der Waals surface area contributed by atoms with Gasteiger partial charge in [-0.1, -0.05) is 35.2 Å². The van der Waals surface area contributed by atoms with Gasteiger partial charge in [0.05, 0.1) is 23.7 Å². The van der Waals surface area contributed by atoms with Crippen LogP contribution in [0.25, 0.3) is 0 Å². The lowest BCUT2D eigenvalue weighted by Crippen LogP contribution is -2.38. The largest absolute Gasteiger partial charge is 0.497 e. The lowest BCUT2D eigenvalue weighted by molar-refractivity contribution is -0.134. The number of amides is 3. The number of imide groups is 1. The summed E-state index contributed by atoms with van der Waals surface area (Å²) in [5, 5.41) is -0.0399. The highest BCUT2D eigenvalue weighted by atomic mass is 32.2. The Hall–Kier alpha value is -3.57. The molecule has 2 saturated heterocycles. The zero-order valence-electron chi connectivity index (χ0n) is 21.3. The second kappa shape index (κ2) is 10.5. The highest BCUT2D eigenvalue weighted by molar-refractivity contribution is 8.00. The number of aromatic nitrogens is 1. The number of thiazole rings is 1. The van der Waals surface area contributed by atoms with Crippen molar-refractivity contribution in [3.8, 4) is 11.5 Å². The number of carbonyl (C=O) groups is 3. The molecule has 0 radical (unpaired) electrons. The summed E-state index contributed by atoms with van der Waals surface area (Å²) in [6.07, 6.45) is 3.19. The second-order valence-corrected chi connectivity index (χ2v) is 11.9. The number of hydrogen-bond acceptors (Lipinski definition) is 8. The molecule has 202 valence electrons. The maximum absolute atomic E-state index is 13.8. The van der Waals surface area contributed by atoms with E-state index in [1.165, 1.54) is 16.7 Å². The molecule has 6 rings (SSSR count). The second-order valence-electron chi connectivity index (χ2n) is 9.76. The smallest absolute Gasteiger partial charge is 0.305 e. The number of methoxy groups -OCH3 is 1. The number of likely N-dealkylation sites (tertiary alicyclic amines) is 1. The molecule has 9 nitrogen and oxygen atoms in total. The van der Waals surface area contributed by atoms with Crippen LogP contribution in [0.1, 0.15) is 35.6 Å². The molecule has 2 unspecified atom stereocenters. The number of carbonyl (C=O) groups excluding carboxylic acids is 3. The number of aromatic amines is 1. The normalized spacial score (nSPS) is 22.4. The van der Waals surface area contributed by atoms with E-state index in [1.54, 1.807) is 43.5 Å². The molecule has 2 fully saturated rings. The summed E-state index contributed by atoms with van der Waals surface area (Å²) >= 11 is 2.31. The fourth-order valence-corrected chi connectivity index (χ4v) is 8.03. The van der Waals surface area contributed by atoms with Crippen LogP contribution >= 0.6 is 23.1 Å². The summed E-state index contributed by atoms with van der Waals surface area (Å²) in [6.45, 7) is 1.51. The Kier molecular flexibility index (Phi) is 6.94. The van der Waals surface area contributed by atoms with Crippen molar-refractivity contribution >= 4 is 46.5 Å². The Balaban J connectivity index is 1.27. The number of piperidine rings is 1. The monoisotopic (exact) mass is 565 g/mol. The molecule has 0 saturated carbocycles. The highest BCUT2D eigenvalue weighted by Gasteiger charge is 2.56. The van der Waals surface area contributed by atoms with Crippen molar-refractivity contribution < 1.29 is 23.9 Å². The number of ether oxygens (including phenoxy) is 2. The topological polar surface area (TPSA) is 109 Å². The van der Waals surface area contributed by atoms with Crippen LogP contribution < -0.4 is 19.2 Å². The van der Waals surface area contributed by atoms with E-state index in [2.05, 4.69) is 4.98 Å². The van der Waals surface area contributed by atoms with Gasteiger partial charge in [0, 0.05) is 23.9 Å². The van der Waals surface area contributed by atoms with Crippen LogP contribution in [0.5, 0.6) is 11.5 Å². The first-order chi connectivity index (χ1) is 18.9. The fourth-order valence-electron chi connectivity index (χ4n) is 5.51. The molecular formula is C28H27N3O6S2. The van der Waals surface area contributed by atoms with Crippen LogP contribution in [-0.4, -0.2) is 59.7 Å². The van der Waals surface area contributed by atoms with Crippen LogP contribution in [0.3, 0.4) is 0 Å². The van der Waals surface area contributed by atoms with Crippen molar-refractivity contribution in [1.82, 2.24) is 9.88 Å². The number of nitrogens with zero attached hydrogens (tertiary/aromatic N) is 2. The SMILES string of the molecule is COc1ccc(N2C(=O)C3Sc4[nH]c(=O)sc4[C@H](c4ccc(OCC(=O)N5CCCCC5)cc4)C3C2=O)cc1. The number of nitrogens with one attached hydrogen (secondary N) is 1. The average molecular weight is 566 g/mol. The van der Waals surface area contributed by atoms with Crippen molar-refractivity contribution in [3.63, 3.8) is 0 Å². The Labute approximate surface area is 233 Å². The van der Waals surface area contributed by atoms with Gasteiger partial charge in [-0.05, 0) is 61.2 Å². The molecule has 3 atom stereocenters. The molecule has 11 heteroatoms. The number of fused-ring (bicyclic) bond motifs is 2. The zero-order valence-corrected chi connectivity index (χ0v) is 22.9. The van der Waals surface area contributed by atoms with E-state index in [-0.39, 0.29) is 29.2 Å². The van der Waals surface area contributed by atoms with Crippen LogP contribution in [0.4, 0.5) is 5.69 Å². The van der Waals surface area contributed by atoms with Gasteiger partial charge in [0.15, 0.2) is 6.61 Å². The molecule has 4 heterocycles. The first kappa shape index (κ1) is 25.7. The van der Waals surface area contributed by atoms with Crippen molar-refractivity contribution in [2.75, 3.05) is 31.7 Å². The predicted octanol–water partition coefficient (Wildman–Crippen LogP) is 3.63. The van der Waals surface area contributed by atoms with Gasteiger partial charge in [-0.2, -0.15) is 0 Å². The van der Waals surface area contributed by atoms with E-state index >= 15 is 0 Å². The van der Waals surface area contributed by atoms with Crippen LogP contribution in [-0.2, 0) is 14.4 Å². The van der Waals surface area contributed by atoms with Gasteiger partial charge < -0.3 is 19.4 Å². The third-order valence-corrected chi connectivity index (χ3v) is 9.87. The van der Waals surface area contributed by atoms with E-state index in [0.29, 0.717) is 22.2 Å². The molecule has 3 aliphatic rings. The van der Waals surface area contributed by atoms with Crippen LogP contribution in [0, 0.1) is 5.92 Å². The lowest BCUT2D eigenvalue weighted by atomic mass is 9.83. The van der Waals surface area contributed by atoms with Crippen LogP contribution in [0.15, 0.2) is 58.4 Å². The summed E-state index contributed by atoms with van der Waals surface area (Å²) in [7, 11) is 1.55. The summed E-state index contributed by atoms with van der Waals surface area (Å²) in [6, 6.07) is 14.1. The van der Waals surface area contributed by atoms with Gasteiger partial charge in [-0.15, -0.1) is 0 Å². The minimum absolute atomic E-state index is 0.0265. The molecule has 3 aliphatic heterocycles. The Morgan fingerprint density at radius 2 is 1.64 bits per heavy atom. The first-order valence-corrected chi connectivity index (χ1v) is 14.6. The van der Waals surface area contributed by atoms with Gasteiger partial charge in [-0.25, -0.2) is 4.90 Å². The van der Waals surface area contributed by atoms with Gasteiger partial charge in [-0.3, -0.25) is 19.2 Å². The number of benzene rings is 2. The lowest BCUT2D eigenvalue weighted by Gasteiger charge is -2.30. The molecular weight excluding hydrogens is 538 g/mol. The standard InChI is InChI=1S/C28H27N3O6S2/c1-36-18-11-7-17(8-12-18)31-26(33)22-21(23-25(29-28(35)39-23)38-24(22)27(31)34)16-5-9-19(10-6-16)37-15-20(32)30-13-3-2-4-14-30/h5-12,21-22,24H,2-4,13-15H2,1H3,(H,29,35)/t21-,22?,24?/m1/s1. The van der Waals surface area contributed by atoms with E-state index in [1.807, 2.05) is 17.0 Å². The molecule has 1 aromatic heterocycles. The Morgan fingerprint density at radius 3 is 2.33 bits per heavy atom. The van der Waals surface area contributed by atoms with Gasteiger partial charge >= 0.3 is 4.87 Å². The quantitative estimate of drug-likeness (QED) is 0.455. The molecule has 3 aromatic rings. The first-order valence-electron chi connectivity index (χ1n) is 12.9. The number of thioether (sulfide) groups is 1. The Bertz CT molecular complexity index is 1460. The minimum Gasteiger partial charge on any atom is -0.497 e. The third-order valence-electron chi connectivity index (χ3n) is 7.46. The van der Waals surface area contributed by atoms with Crippen molar-refractivity contribution in [2.24, 2.45) is 5.92 Å². The van der Waals surface area contributed by atoms with Crippen molar-refractivity contribution in [2.45, 2.75) is 35.5 Å².